The molecule has 1 aromatic heterocycles. The van der Waals surface area contributed by atoms with Gasteiger partial charge in [-0.3, -0.25) is 14.4 Å². The maximum Gasteiger partial charge on any atom is 0.316 e. The van der Waals surface area contributed by atoms with Crippen LogP contribution < -0.4 is 21.7 Å². The first-order valence-corrected chi connectivity index (χ1v) is 9.19. The van der Waals surface area contributed by atoms with Crippen LogP contribution in [0.1, 0.15) is 32.4 Å². The molecule has 4 atom stereocenters. The van der Waals surface area contributed by atoms with E-state index in [4.69, 9.17) is 5.73 Å². The van der Waals surface area contributed by atoms with Gasteiger partial charge in [-0.1, -0.05) is 0 Å². The molecule has 0 saturated carbocycles. The number of hydrogen-bond donors (Lipinski definition) is 5. The summed E-state index contributed by atoms with van der Waals surface area (Å²) < 4.78 is 0. The van der Waals surface area contributed by atoms with Gasteiger partial charge in [0.1, 0.15) is 17.6 Å². The van der Waals surface area contributed by atoms with Gasteiger partial charge >= 0.3 is 6.03 Å². The van der Waals surface area contributed by atoms with Crippen LogP contribution >= 0.6 is 0 Å². The number of hydrogen-bond acceptors (Lipinski definition) is 5. The Morgan fingerprint density at radius 2 is 2.21 bits per heavy atom. The number of carbonyl (C=O) groups is 4. The standard InChI is InChI=1S/C17H25N7O4/c1-9-17(2,23-16(28)21-9)15(27)22-11(6-10-7-19-8-20-10)14(26)24-5-3-4-12(24)13(18)25/h7-9,11-12H,3-6H2,1-2H3,(H2,18,25)(H,19,20)(H,22,27)(H2,21,23,28). The van der Waals surface area contributed by atoms with Gasteiger partial charge < -0.3 is 31.6 Å². The number of nitrogens with zero attached hydrogens (tertiary/aromatic N) is 2. The Labute approximate surface area is 161 Å². The van der Waals surface area contributed by atoms with Crippen LogP contribution in [-0.4, -0.2) is 68.8 Å². The number of nitrogens with one attached hydrogen (secondary N) is 4. The fourth-order valence-corrected chi connectivity index (χ4v) is 3.63. The zero-order valence-corrected chi connectivity index (χ0v) is 15.8. The van der Waals surface area contributed by atoms with Crippen LogP contribution in [0.4, 0.5) is 4.79 Å². The molecule has 3 rings (SSSR count). The largest absolute Gasteiger partial charge is 0.368 e. The van der Waals surface area contributed by atoms with Gasteiger partial charge in [0.15, 0.2) is 0 Å². The summed E-state index contributed by atoms with van der Waals surface area (Å²) in [5.74, 6) is -1.45. The van der Waals surface area contributed by atoms with Crippen molar-refractivity contribution in [1.29, 1.82) is 0 Å². The third kappa shape index (κ3) is 3.64. The smallest absolute Gasteiger partial charge is 0.316 e. The number of H-pyrrole nitrogens is 1. The highest BCUT2D eigenvalue weighted by Crippen LogP contribution is 2.20. The summed E-state index contributed by atoms with van der Waals surface area (Å²) in [6.07, 6.45) is 4.37. The third-order valence-corrected chi connectivity index (χ3v) is 5.51. The first-order chi connectivity index (χ1) is 13.2. The molecule has 6 N–H and O–H groups in total. The second kappa shape index (κ2) is 7.49. The lowest BCUT2D eigenvalue weighted by Crippen LogP contribution is -2.62. The first-order valence-electron chi connectivity index (χ1n) is 9.19. The number of amides is 5. The Hall–Kier alpha value is -3.11. The third-order valence-electron chi connectivity index (χ3n) is 5.51. The van der Waals surface area contributed by atoms with Crippen LogP contribution in [0.15, 0.2) is 12.5 Å². The van der Waals surface area contributed by atoms with Crippen LogP contribution in [0.3, 0.4) is 0 Å². The average molecular weight is 391 g/mol. The van der Waals surface area contributed by atoms with Gasteiger partial charge in [-0.15, -0.1) is 0 Å². The summed E-state index contributed by atoms with van der Waals surface area (Å²) in [4.78, 5) is 57.7. The maximum atomic E-state index is 13.2. The van der Waals surface area contributed by atoms with Gasteiger partial charge in [-0.2, -0.15) is 0 Å². The Morgan fingerprint density at radius 3 is 2.79 bits per heavy atom. The van der Waals surface area contributed by atoms with E-state index in [0.29, 0.717) is 25.1 Å². The zero-order valence-electron chi connectivity index (χ0n) is 15.8. The molecule has 28 heavy (non-hydrogen) atoms. The predicted molar refractivity (Wildman–Crippen MR) is 97.7 cm³/mol. The molecular weight excluding hydrogens is 366 g/mol. The monoisotopic (exact) mass is 391 g/mol. The summed E-state index contributed by atoms with van der Waals surface area (Å²) in [6.45, 7) is 3.69. The van der Waals surface area contributed by atoms with Gasteiger partial charge in [-0.25, -0.2) is 9.78 Å². The highest BCUT2D eigenvalue weighted by molar-refractivity contribution is 5.98. The summed E-state index contributed by atoms with van der Waals surface area (Å²) in [6, 6.07) is -2.53. The molecule has 0 spiro atoms. The van der Waals surface area contributed by atoms with Crippen molar-refractivity contribution in [3.05, 3.63) is 18.2 Å². The molecule has 0 aliphatic carbocycles. The van der Waals surface area contributed by atoms with Crippen molar-refractivity contribution in [3.63, 3.8) is 0 Å². The fraction of sp³-hybridized carbons (Fsp3) is 0.588. The van der Waals surface area contributed by atoms with Gasteiger partial charge in [0.25, 0.3) is 0 Å². The summed E-state index contributed by atoms with van der Waals surface area (Å²) in [7, 11) is 0. The number of rotatable bonds is 6. The summed E-state index contributed by atoms with van der Waals surface area (Å²) in [5.41, 5.74) is 4.87. The Bertz CT molecular complexity index is 780. The van der Waals surface area contributed by atoms with Gasteiger partial charge in [0.05, 0.1) is 12.4 Å². The number of carbonyl (C=O) groups excluding carboxylic acids is 4. The van der Waals surface area contributed by atoms with Crippen molar-refractivity contribution in [3.8, 4) is 0 Å². The number of urea groups is 1. The predicted octanol–water partition coefficient (Wildman–Crippen LogP) is -1.63. The van der Waals surface area contributed by atoms with E-state index in [1.165, 1.54) is 11.2 Å². The summed E-state index contributed by atoms with van der Waals surface area (Å²) in [5, 5.41) is 7.97. The Kier molecular flexibility index (Phi) is 5.25. The molecule has 3 heterocycles. The van der Waals surface area contributed by atoms with Crippen LogP contribution in [0, 0.1) is 0 Å². The topological polar surface area (TPSA) is 162 Å². The molecule has 2 fully saturated rings. The number of imidazole rings is 1. The van der Waals surface area contributed by atoms with E-state index in [2.05, 4.69) is 25.9 Å². The van der Waals surface area contributed by atoms with E-state index in [1.807, 2.05) is 0 Å². The molecule has 11 nitrogen and oxygen atoms in total. The second-order valence-corrected chi connectivity index (χ2v) is 7.42. The summed E-state index contributed by atoms with van der Waals surface area (Å²) >= 11 is 0. The highest BCUT2D eigenvalue weighted by atomic mass is 16.2. The minimum absolute atomic E-state index is 0.165. The quantitative estimate of drug-likeness (QED) is 0.393. The first kappa shape index (κ1) is 19.6. The van der Waals surface area contributed by atoms with Crippen molar-refractivity contribution in [2.45, 2.75) is 56.8 Å². The van der Waals surface area contributed by atoms with Crippen molar-refractivity contribution in [2.24, 2.45) is 5.73 Å². The van der Waals surface area contributed by atoms with Crippen LogP contribution in [0.25, 0.3) is 0 Å². The lowest BCUT2D eigenvalue weighted by molar-refractivity contribution is -0.141. The van der Waals surface area contributed by atoms with Crippen LogP contribution in [-0.2, 0) is 20.8 Å². The number of aromatic nitrogens is 2. The molecule has 152 valence electrons. The Morgan fingerprint density at radius 1 is 1.46 bits per heavy atom. The van der Waals surface area contributed by atoms with Crippen molar-refractivity contribution >= 4 is 23.8 Å². The molecule has 2 aliphatic rings. The van der Waals surface area contributed by atoms with Gasteiger partial charge in [0, 0.05) is 24.9 Å². The molecule has 2 saturated heterocycles. The zero-order chi connectivity index (χ0) is 20.5. The molecule has 1 aromatic rings. The Balaban J connectivity index is 1.81. The maximum absolute atomic E-state index is 13.2. The van der Waals surface area contributed by atoms with E-state index in [0.717, 1.165) is 0 Å². The van der Waals surface area contributed by atoms with Crippen molar-refractivity contribution in [2.75, 3.05) is 6.54 Å². The highest BCUT2D eigenvalue weighted by Gasteiger charge is 2.47. The minimum atomic E-state index is -1.21. The number of likely N-dealkylation sites (tertiary alicyclic amines) is 1. The van der Waals surface area contributed by atoms with E-state index >= 15 is 0 Å². The molecule has 5 amide bonds. The average Bonchev–Trinajstić information content (AvgIpc) is 3.35. The molecule has 11 heteroatoms. The second-order valence-electron chi connectivity index (χ2n) is 7.42. The van der Waals surface area contributed by atoms with Gasteiger partial charge in [0.2, 0.25) is 17.7 Å². The van der Waals surface area contributed by atoms with E-state index in [9.17, 15) is 19.2 Å². The van der Waals surface area contributed by atoms with E-state index < -0.39 is 47.4 Å². The van der Waals surface area contributed by atoms with Crippen LogP contribution in [0.2, 0.25) is 0 Å². The van der Waals surface area contributed by atoms with Crippen LogP contribution in [0.5, 0.6) is 0 Å². The molecule has 0 radical (unpaired) electrons. The minimum Gasteiger partial charge on any atom is -0.368 e. The molecule has 2 aliphatic heterocycles. The fourth-order valence-electron chi connectivity index (χ4n) is 3.63. The molecule has 0 bridgehead atoms. The van der Waals surface area contributed by atoms with Crippen molar-refractivity contribution < 1.29 is 19.2 Å². The van der Waals surface area contributed by atoms with Crippen molar-refractivity contribution in [1.82, 2.24) is 30.8 Å². The molecular formula is C17H25N7O4. The lowest BCUT2D eigenvalue weighted by atomic mass is 9.93. The lowest BCUT2D eigenvalue weighted by Gasteiger charge is -2.31. The van der Waals surface area contributed by atoms with E-state index in [1.54, 1.807) is 20.0 Å². The number of nitrogens with two attached hydrogens (primary N) is 1. The SMILES string of the molecule is CC1NC(=O)NC1(C)C(=O)NC(Cc1cnc[nH]1)C(=O)N1CCCC1C(N)=O. The molecule has 0 aromatic carbocycles. The van der Waals surface area contributed by atoms with E-state index in [-0.39, 0.29) is 6.42 Å². The number of aromatic amines is 1. The van der Waals surface area contributed by atoms with Gasteiger partial charge in [-0.05, 0) is 26.7 Å². The number of primary amides is 1. The molecule has 4 unspecified atom stereocenters. The normalized spacial score (nSPS) is 27.8.